The molecule has 1 aliphatic heterocycles. The van der Waals surface area contributed by atoms with Gasteiger partial charge in [-0.2, -0.15) is 0 Å². The van der Waals surface area contributed by atoms with Crippen molar-refractivity contribution in [2.24, 2.45) is 0 Å². The first-order chi connectivity index (χ1) is 8.59. The van der Waals surface area contributed by atoms with Crippen LogP contribution in [-0.2, 0) is 6.42 Å². The van der Waals surface area contributed by atoms with Gasteiger partial charge in [0.2, 0.25) is 0 Å². The van der Waals surface area contributed by atoms with Crippen LogP contribution in [0.25, 0.3) is 0 Å². The molecule has 1 fully saturated rings. The number of benzene rings is 1. The SMILES string of the molecule is CC1(C)CN(CCc2ccccc2)CC(CO)N1. The molecule has 2 rings (SSSR count). The van der Waals surface area contributed by atoms with E-state index in [-0.39, 0.29) is 18.2 Å². The molecule has 1 aromatic rings. The molecular formula is C15H24N2O. The zero-order valence-corrected chi connectivity index (χ0v) is 11.4. The van der Waals surface area contributed by atoms with Gasteiger partial charge in [-0.05, 0) is 25.8 Å². The standard InChI is InChI=1S/C15H24N2O/c1-15(2)12-17(10-14(11-18)16-15)9-8-13-6-4-3-5-7-13/h3-7,14,16,18H,8-12H2,1-2H3. The fourth-order valence-electron chi connectivity index (χ4n) is 2.78. The van der Waals surface area contributed by atoms with E-state index in [0.717, 1.165) is 26.1 Å². The summed E-state index contributed by atoms with van der Waals surface area (Å²) in [6.07, 6.45) is 1.08. The molecule has 1 saturated heterocycles. The molecule has 2 N–H and O–H groups in total. The van der Waals surface area contributed by atoms with Gasteiger partial charge in [0.05, 0.1) is 6.61 Å². The predicted octanol–water partition coefficient (Wildman–Crippen LogP) is 1.27. The lowest BCUT2D eigenvalue weighted by molar-refractivity contribution is 0.0872. The van der Waals surface area contributed by atoms with Gasteiger partial charge in [0.15, 0.2) is 0 Å². The summed E-state index contributed by atoms with van der Waals surface area (Å²) in [5.74, 6) is 0. The van der Waals surface area contributed by atoms with E-state index in [2.05, 4.69) is 54.4 Å². The molecule has 18 heavy (non-hydrogen) atoms. The maximum absolute atomic E-state index is 9.34. The summed E-state index contributed by atoms with van der Waals surface area (Å²) < 4.78 is 0. The Morgan fingerprint density at radius 3 is 2.72 bits per heavy atom. The molecule has 100 valence electrons. The molecule has 3 nitrogen and oxygen atoms in total. The third kappa shape index (κ3) is 3.80. The van der Waals surface area contributed by atoms with E-state index in [9.17, 15) is 5.11 Å². The van der Waals surface area contributed by atoms with Crippen molar-refractivity contribution < 1.29 is 5.11 Å². The Balaban J connectivity index is 1.89. The van der Waals surface area contributed by atoms with E-state index >= 15 is 0 Å². The molecular weight excluding hydrogens is 224 g/mol. The Morgan fingerprint density at radius 1 is 1.33 bits per heavy atom. The van der Waals surface area contributed by atoms with Crippen LogP contribution in [0.5, 0.6) is 0 Å². The average Bonchev–Trinajstić information content (AvgIpc) is 2.36. The van der Waals surface area contributed by atoms with Crippen molar-refractivity contribution in [1.29, 1.82) is 0 Å². The van der Waals surface area contributed by atoms with Crippen LogP contribution < -0.4 is 5.32 Å². The Hall–Kier alpha value is -0.900. The molecule has 1 unspecified atom stereocenters. The molecule has 0 amide bonds. The maximum atomic E-state index is 9.34. The fraction of sp³-hybridized carbons (Fsp3) is 0.600. The second kappa shape index (κ2) is 5.83. The second-order valence-corrected chi connectivity index (χ2v) is 5.88. The predicted molar refractivity (Wildman–Crippen MR) is 74.7 cm³/mol. The first kappa shape index (κ1) is 13.5. The van der Waals surface area contributed by atoms with Gasteiger partial charge in [0, 0.05) is 31.2 Å². The normalized spacial score (nSPS) is 24.1. The molecule has 1 aliphatic rings. The lowest BCUT2D eigenvalue weighted by atomic mass is 9.98. The zero-order valence-electron chi connectivity index (χ0n) is 11.4. The smallest absolute Gasteiger partial charge is 0.0597 e. The molecule has 0 aromatic heterocycles. The molecule has 0 aliphatic carbocycles. The van der Waals surface area contributed by atoms with Crippen molar-refractivity contribution in [1.82, 2.24) is 10.2 Å². The Morgan fingerprint density at radius 2 is 2.06 bits per heavy atom. The van der Waals surface area contributed by atoms with Gasteiger partial charge in [0.25, 0.3) is 0 Å². The lowest BCUT2D eigenvalue weighted by Crippen LogP contribution is -2.63. The Labute approximate surface area is 110 Å². The van der Waals surface area contributed by atoms with E-state index in [4.69, 9.17) is 0 Å². The third-order valence-electron chi connectivity index (χ3n) is 3.47. The molecule has 1 atom stereocenters. The molecule has 0 saturated carbocycles. The number of aliphatic hydroxyl groups is 1. The quantitative estimate of drug-likeness (QED) is 0.842. The van der Waals surface area contributed by atoms with Gasteiger partial charge in [-0.15, -0.1) is 0 Å². The van der Waals surface area contributed by atoms with E-state index in [0.29, 0.717) is 0 Å². The van der Waals surface area contributed by atoms with Crippen molar-refractivity contribution in [2.45, 2.75) is 31.8 Å². The van der Waals surface area contributed by atoms with Crippen LogP contribution in [0.3, 0.4) is 0 Å². The van der Waals surface area contributed by atoms with Crippen LogP contribution in [0.15, 0.2) is 30.3 Å². The van der Waals surface area contributed by atoms with Crippen molar-refractivity contribution in [2.75, 3.05) is 26.2 Å². The van der Waals surface area contributed by atoms with Crippen molar-refractivity contribution >= 4 is 0 Å². The monoisotopic (exact) mass is 248 g/mol. The number of nitrogens with zero attached hydrogens (tertiary/aromatic N) is 1. The number of aliphatic hydroxyl groups excluding tert-OH is 1. The van der Waals surface area contributed by atoms with Gasteiger partial charge in [-0.25, -0.2) is 0 Å². The van der Waals surface area contributed by atoms with Crippen LogP contribution in [0.1, 0.15) is 19.4 Å². The fourth-order valence-corrected chi connectivity index (χ4v) is 2.78. The molecule has 3 heteroatoms. The largest absolute Gasteiger partial charge is 0.395 e. The number of hydrogen-bond donors (Lipinski definition) is 2. The zero-order chi connectivity index (χ0) is 13.0. The highest BCUT2D eigenvalue weighted by molar-refractivity contribution is 5.15. The van der Waals surface area contributed by atoms with Gasteiger partial charge in [-0.1, -0.05) is 30.3 Å². The van der Waals surface area contributed by atoms with Crippen molar-refractivity contribution in [3.63, 3.8) is 0 Å². The highest BCUT2D eigenvalue weighted by Crippen LogP contribution is 2.14. The summed E-state index contributed by atoms with van der Waals surface area (Å²) in [6, 6.07) is 10.8. The van der Waals surface area contributed by atoms with Crippen LogP contribution in [0.4, 0.5) is 0 Å². The second-order valence-electron chi connectivity index (χ2n) is 5.88. The summed E-state index contributed by atoms with van der Waals surface area (Å²) in [5, 5.41) is 12.8. The number of rotatable bonds is 4. The summed E-state index contributed by atoms with van der Waals surface area (Å²) >= 11 is 0. The lowest BCUT2D eigenvalue weighted by Gasteiger charge is -2.43. The Bertz CT molecular complexity index is 364. The third-order valence-corrected chi connectivity index (χ3v) is 3.47. The van der Waals surface area contributed by atoms with Crippen LogP contribution in [0, 0.1) is 0 Å². The topological polar surface area (TPSA) is 35.5 Å². The van der Waals surface area contributed by atoms with Crippen LogP contribution >= 0.6 is 0 Å². The molecule has 0 spiro atoms. The van der Waals surface area contributed by atoms with Gasteiger partial charge in [-0.3, -0.25) is 4.90 Å². The van der Waals surface area contributed by atoms with E-state index in [1.54, 1.807) is 0 Å². The summed E-state index contributed by atoms with van der Waals surface area (Å²) in [4.78, 5) is 2.45. The number of nitrogens with one attached hydrogen (secondary N) is 1. The van der Waals surface area contributed by atoms with Gasteiger partial charge >= 0.3 is 0 Å². The summed E-state index contributed by atoms with van der Waals surface area (Å²) in [5.41, 5.74) is 1.47. The maximum Gasteiger partial charge on any atom is 0.0597 e. The average molecular weight is 248 g/mol. The highest BCUT2D eigenvalue weighted by atomic mass is 16.3. The summed E-state index contributed by atoms with van der Waals surface area (Å²) in [7, 11) is 0. The van der Waals surface area contributed by atoms with E-state index in [1.165, 1.54) is 5.56 Å². The van der Waals surface area contributed by atoms with E-state index < -0.39 is 0 Å². The first-order valence-electron chi connectivity index (χ1n) is 6.74. The number of piperazine rings is 1. The molecule has 1 aromatic carbocycles. The summed E-state index contributed by atoms with van der Waals surface area (Å²) in [6.45, 7) is 7.65. The first-order valence-corrected chi connectivity index (χ1v) is 6.74. The molecule has 0 bridgehead atoms. The minimum Gasteiger partial charge on any atom is -0.395 e. The highest BCUT2D eigenvalue weighted by Gasteiger charge is 2.30. The Kier molecular flexibility index (Phi) is 4.38. The molecule has 0 radical (unpaired) electrons. The van der Waals surface area contributed by atoms with E-state index in [1.807, 2.05) is 0 Å². The van der Waals surface area contributed by atoms with Crippen molar-refractivity contribution in [3.05, 3.63) is 35.9 Å². The van der Waals surface area contributed by atoms with Crippen LogP contribution in [-0.4, -0.2) is 47.8 Å². The number of hydrogen-bond acceptors (Lipinski definition) is 3. The van der Waals surface area contributed by atoms with Crippen molar-refractivity contribution in [3.8, 4) is 0 Å². The van der Waals surface area contributed by atoms with Gasteiger partial charge < -0.3 is 10.4 Å². The molecule has 1 heterocycles. The van der Waals surface area contributed by atoms with Crippen LogP contribution in [0.2, 0.25) is 0 Å². The minimum atomic E-state index is 0.0856. The minimum absolute atomic E-state index is 0.0856. The van der Waals surface area contributed by atoms with Gasteiger partial charge in [0.1, 0.15) is 0 Å².